The van der Waals surface area contributed by atoms with Crippen LogP contribution in [-0.2, 0) is 0 Å². The average molecular weight is 224 g/mol. The highest BCUT2D eigenvalue weighted by Gasteiger charge is 2.27. The second kappa shape index (κ2) is 5.05. The van der Waals surface area contributed by atoms with Crippen LogP contribution in [0.5, 0.6) is 0 Å². The molecule has 2 rings (SSSR count). The Morgan fingerprint density at radius 2 is 2.06 bits per heavy atom. The third-order valence-corrected chi connectivity index (χ3v) is 4.58. The number of nitrogens with one attached hydrogen (secondary N) is 1. The van der Waals surface area contributed by atoms with Crippen molar-refractivity contribution in [2.24, 2.45) is 11.3 Å². The van der Waals surface area contributed by atoms with Crippen LogP contribution in [0.2, 0.25) is 0 Å². The molecule has 0 bridgehead atoms. The first kappa shape index (κ1) is 12.4. The predicted octanol–water partition coefficient (Wildman–Crippen LogP) is 2.50. The molecule has 2 heteroatoms. The van der Waals surface area contributed by atoms with Crippen LogP contribution in [0.15, 0.2) is 0 Å². The van der Waals surface area contributed by atoms with Gasteiger partial charge in [0.1, 0.15) is 0 Å². The SMILES string of the molecule is CC1CCNC1CN1CCCC(C)(C)CC1. The molecule has 0 saturated carbocycles. The summed E-state index contributed by atoms with van der Waals surface area (Å²) < 4.78 is 0. The molecule has 2 unspecified atom stereocenters. The first-order chi connectivity index (χ1) is 7.57. The fourth-order valence-corrected chi connectivity index (χ4v) is 3.08. The molecule has 2 saturated heterocycles. The maximum absolute atomic E-state index is 3.65. The van der Waals surface area contributed by atoms with Gasteiger partial charge in [-0.1, -0.05) is 20.8 Å². The zero-order valence-corrected chi connectivity index (χ0v) is 11.3. The lowest BCUT2D eigenvalue weighted by Crippen LogP contribution is -2.40. The smallest absolute Gasteiger partial charge is 0.0221 e. The van der Waals surface area contributed by atoms with Crippen molar-refractivity contribution in [1.29, 1.82) is 0 Å². The minimum atomic E-state index is 0.573. The molecule has 2 atom stereocenters. The average Bonchev–Trinajstić information content (AvgIpc) is 2.52. The molecule has 2 heterocycles. The van der Waals surface area contributed by atoms with E-state index in [-0.39, 0.29) is 0 Å². The van der Waals surface area contributed by atoms with Gasteiger partial charge in [-0.3, -0.25) is 0 Å². The molecule has 2 nitrogen and oxygen atoms in total. The summed E-state index contributed by atoms with van der Waals surface area (Å²) in [4.78, 5) is 2.69. The third-order valence-electron chi connectivity index (χ3n) is 4.58. The maximum atomic E-state index is 3.65. The molecule has 0 spiro atoms. The molecule has 0 amide bonds. The van der Waals surface area contributed by atoms with Gasteiger partial charge in [0.2, 0.25) is 0 Å². The summed E-state index contributed by atoms with van der Waals surface area (Å²) in [5.74, 6) is 0.872. The molecule has 2 aliphatic rings. The van der Waals surface area contributed by atoms with Crippen molar-refractivity contribution >= 4 is 0 Å². The van der Waals surface area contributed by atoms with Crippen LogP contribution in [0, 0.1) is 11.3 Å². The highest BCUT2D eigenvalue weighted by Crippen LogP contribution is 2.30. The van der Waals surface area contributed by atoms with Gasteiger partial charge in [-0.15, -0.1) is 0 Å². The van der Waals surface area contributed by atoms with Crippen LogP contribution in [0.3, 0.4) is 0 Å². The van der Waals surface area contributed by atoms with Gasteiger partial charge in [0.25, 0.3) is 0 Å². The zero-order chi connectivity index (χ0) is 11.6. The molecule has 0 aliphatic carbocycles. The molecule has 0 radical (unpaired) electrons. The zero-order valence-electron chi connectivity index (χ0n) is 11.3. The molecule has 2 fully saturated rings. The molecule has 16 heavy (non-hydrogen) atoms. The van der Waals surface area contributed by atoms with E-state index in [9.17, 15) is 0 Å². The first-order valence-corrected chi connectivity index (χ1v) is 7.03. The highest BCUT2D eigenvalue weighted by atomic mass is 15.2. The number of likely N-dealkylation sites (tertiary alicyclic amines) is 1. The van der Waals surface area contributed by atoms with Gasteiger partial charge < -0.3 is 10.2 Å². The van der Waals surface area contributed by atoms with E-state index in [0.717, 1.165) is 12.0 Å². The van der Waals surface area contributed by atoms with Crippen molar-refractivity contribution in [2.75, 3.05) is 26.2 Å². The third kappa shape index (κ3) is 3.21. The summed E-state index contributed by atoms with van der Waals surface area (Å²) in [5, 5.41) is 3.65. The van der Waals surface area contributed by atoms with Crippen molar-refractivity contribution in [3.05, 3.63) is 0 Å². The molecule has 1 N–H and O–H groups in total. The van der Waals surface area contributed by atoms with Crippen LogP contribution >= 0.6 is 0 Å². The first-order valence-electron chi connectivity index (χ1n) is 7.03. The summed E-state index contributed by atoms with van der Waals surface area (Å²) in [7, 11) is 0. The summed E-state index contributed by atoms with van der Waals surface area (Å²) >= 11 is 0. The Morgan fingerprint density at radius 3 is 2.75 bits per heavy atom. The Morgan fingerprint density at radius 1 is 1.25 bits per heavy atom. The molecule has 2 aliphatic heterocycles. The van der Waals surface area contributed by atoms with Gasteiger partial charge >= 0.3 is 0 Å². The van der Waals surface area contributed by atoms with Crippen molar-refractivity contribution < 1.29 is 0 Å². The van der Waals surface area contributed by atoms with Crippen molar-refractivity contribution in [2.45, 2.75) is 52.5 Å². The molecule has 0 aromatic rings. The summed E-state index contributed by atoms with van der Waals surface area (Å²) in [6.45, 7) is 12.4. The molecule has 0 aromatic heterocycles. The Hall–Kier alpha value is -0.0800. The van der Waals surface area contributed by atoms with E-state index in [1.165, 1.54) is 51.9 Å². The van der Waals surface area contributed by atoms with E-state index < -0.39 is 0 Å². The second-order valence-corrected chi connectivity index (χ2v) is 6.64. The standard InChI is InChI=1S/C14H28N2/c1-12-5-8-15-13(12)11-16-9-4-6-14(2,3)7-10-16/h12-13,15H,4-11H2,1-3H3. The lowest BCUT2D eigenvalue weighted by atomic mass is 9.85. The van der Waals surface area contributed by atoms with E-state index in [4.69, 9.17) is 0 Å². The largest absolute Gasteiger partial charge is 0.312 e. The van der Waals surface area contributed by atoms with Crippen LogP contribution < -0.4 is 5.32 Å². The quantitative estimate of drug-likeness (QED) is 0.775. The van der Waals surface area contributed by atoms with Gasteiger partial charge in [0.05, 0.1) is 0 Å². The summed E-state index contributed by atoms with van der Waals surface area (Å²) in [6, 6.07) is 0.751. The van der Waals surface area contributed by atoms with Crippen molar-refractivity contribution in [3.63, 3.8) is 0 Å². The van der Waals surface area contributed by atoms with Crippen LogP contribution in [-0.4, -0.2) is 37.1 Å². The monoisotopic (exact) mass is 224 g/mol. The fourth-order valence-electron chi connectivity index (χ4n) is 3.08. The van der Waals surface area contributed by atoms with E-state index in [0.29, 0.717) is 5.41 Å². The summed E-state index contributed by atoms with van der Waals surface area (Å²) in [6.07, 6.45) is 5.52. The van der Waals surface area contributed by atoms with Crippen molar-refractivity contribution in [3.8, 4) is 0 Å². The number of hydrogen-bond donors (Lipinski definition) is 1. The Labute approximate surface area is 101 Å². The van der Waals surface area contributed by atoms with E-state index in [1.807, 2.05) is 0 Å². The number of rotatable bonds is 2. The highest BCUT2D eigenvalue weighted by molar-refractivity contribution is 4.85. The lowest BCUT2D eigenvalue weighted by Gasteiger charge is -2.27. The minimum absolute atomic E-state index is 0.573. The van der Waals surface area contributed by atoms with Crippen LogP contribution in [0.4, 0.5) is 0 Å². The molecule has 0 aromatic carbocycles. The number of hydrogen-bond acceptors (Lipinski definition) is 2. The van der Waals surface area contributed by atoms with Crippen molar-refractivity contribution in [1.82, 2.24) is 10.2 Å². The lowest BCUT2D eigenvalue weighted by molar-refractivity contribution is 0.230. The van der Waals surface area contributed by atoms with Crippen LogP contribution in [0.1, 0.15) is 46.5 Å². The Kier molecular flexibility index (Phi) is 3.91. The van der Waals surface area contributed by atoms with Crippen LogP contribution in [0.25, 0.3) is 0 Å². The summed E-state index contributed by atoms with van der Waals surface area (Å²) in [5.41, 5.74) is 0.573. The normalized spacial score (nSPS) is 36.2. The topological polar surface area (TPSA) is 15.3 Å². The second-order valence-electron chi connectivity index (χ2n) is 6.64. The van der Waals surface area contributed by atoms with Gasteiger partial charge in [-0.2, -0.15) is 0 Å². The molecular formula is C14H28N2. The molecule has 94 valence electrons. The van der Waals surface area contributed by atoms with E-state index in [2.05, 4.69) is 31.0 Å². The minimum Gasteiger partial charge on any atom is -0.312 e. The van der Waals surface area contributed by atoms with Gasteiger partial charge in [-0.25, -0.2) is 0 Å². The predicted molar refractivity (Wildman–Crippen MR) is 69.6 cm³/mol. The van der Waals surface area contributed by atoms with E-state index >= 15 is 0 Å². The van der Waals surface area contributed by atoms with Gasteiger partial charge in [-0.05, 0) is 56.7 Å². The Balaban J connectivity index is 1.81. The maximum Gasteiger partial charge on any atom is 0.0221 e. The molecular weight excluding hydrogens is 196 g/mol. The van der Waals surface area contributed by atoms with E-state index in [1.54, 1.807) is 0 Å². The Bertz CT molecular complexity index is 225. The number of nitrogens with zero attached hydrogens (tertiary/aromatic N) is 1. The van der Waals surface area contributed by atoms with Gasteiger partial charge in [0.15, 0.2) is 0 Å². The fraction of sp³-hybridized carbons (Fsp3) is 1.00. The van der Waals surface area contributed by atoms with Gasteiger partial charge in [0, 0.05) is 12.6 Å².